The fourth-order valence-electron chi connectivity index (χ4n) is 5.13. The molecule has 0 radical (unpaired) electrons. The second-order valence-corrected chi connectivity index (χ2v) is 9.17. The average molecular weight is 457 g/mol. The summed E-state index contributed by atoms with van der Waals surface area (Å²) in [7, 11) is 1.46. The van der Waals surface area contributed by atoms with Gasteiger partial charge in [-0.15, -0.1) is 0 Å². The van der Waals surface area contributed by atoms with Gasteiger partial charge in [-0.3, -0.25) is 19.7 Å². The first-order valence-electron chi connectivity index (χ1n) is 10.5. The maximum absolute atomic E-state index is 13.7. The van der Waals surface area contributed by atoms with Crippen LogP contribution < -0.4 is 15.0 Å². The summed E-state index contributed by atoms with van der Waals surface area (Å²) >= 11 is 6.04. The summed E-state index contributed by atoms with van der Waals surface area (Å²) in [5.41, 5.74) is -0.551. The van der Waals surface area contributed by atoms with Crippen molar-refractivity contribution < 1.29 is 24.2 Å². The highest BCUT2D eigenvalue weighted by Gasteiger charge is 2.68. The van der Waals surface area contributed by atoms with E-state index in [4.69, 9.17) is 16.3 Å². The summed E-state index contributed by atoms with van der Waals surface area (Å²) in [6, 6.07) is 13.0. The molecule has 0 bridgehead atoms. The number of aliphatic carboxylic acids is 1. The summed E-state index contributed by atoms with van der Waals surface area (Å²) < 4.78 is 5.37. The lowest BCUT2D eigenvalue weighted by Gasteiger charge is -2.32. The van der Waals surface area contributed by atoms with Crippen LogP contribution in [0.5, 0.6) is 5.75 Å². The predicted octanol–water partition coefficient (Wildman–Crippen LogP) is 3.67. The van der Waals surface area contributed by atoms with Crippen molar-refractivity contribution in [2.75, 3.05) is 12.0 Å². The first kappa shape index (κ1) is 22.3. The number of ether oxygens (including phenoxy) is 1. The van der Waals surface area contributed by atoms with Gasteiger partial charge in [-0.1, -0.05) is 49.7 Å². The number of carbonyl (C=O) groups excluding carboxylic acids is 2. The Morgan fingerprint density at radius 3 is 2.41 bits per heavy atom. The van der Waals surface area contributed by atoms with E-state index in [1.54, 1.807) is 48.5 Å². The van der Waals surface area contributed by atoms with Crippen molar-refractivity contribution in [1.29, 1.82) is 0 Å². The number of benzene rings is 2. The molecule has 2 aliphatic heterocycles. The van der Waals surface area contributed by atoms with Gasteiger partial charge in [-0.2, -0.15) is 0 Å². The highest BCUT2D eigenvalue weighted by atomic mass is 35.5. The predicted molar refractivity (Wildman–Crippen MR) is 120 cm³/mol. The SMILES string of the molecule is COc1ccccc1N1C(=O)[C@@H]2[C@H](c3ccc(Cl)cc3)N[C@@](CC(C)C)(C(=O)O)[C@H]2C1=O. The normalized spacial score (nSPS) is 27.2. The molecule has 4 atom stereocenters. The van der Waals surface area contributed by atoms with Crippen LogP contribution in [-0.2, 0) is 14.4 Å². The van der Waals surface area contributed by atoms with Crippen molar-refractivity contribution in [3.05, 3.63) is 59.1 Å². The molecule has 32 heavy (non-hydrogen) atoms. The van der Waals surface area contributed by atoms with Crippen LogP contribution in [0.3, 0.4) is 0 Å². The lowest BCUT2D eigenvalue weighted by atomic mass is 9.75. The summed E-state index contributed by atoms with van der Waals surface area (Å²) in [5, 5.41) is 14.1. The van der Waals surface area contributed by atoms with Gasteiger partial charge in [-0.05, 0) is 42.2 Å². The van der Waals surface area contributed by atoms with Crippen LogP contribution in [0.25, 0.3) is 0 Å². The Labute approximate surface area is 191 Å². The number of hydrogen-bond acceptors (Lipinski definition) is 5. The molecular weight excluding hydrogens is 432 g/mol. The summed E-state index contributed by atoms with van der Waals surface area (Å²) in [6.45, 7) is 3.80. The number of carboxylic acids is 1. The van der Waals surface area contributed by atoms with E-state index < -0.39 is 41.2 Å². The topological polar surface area (TPSA) is 95.9 Å². The molecule has 0 unspecified atom stereocenters. The molecule has 2 aliphatic rings. The lowest BCUT2D eigenvalue weighted by Crippen LogP contribution is -2.56. The minimum Gasteiger partial charge on any atom is -0.495 e. The molecular formula is C24H25ClN2O5. The number of para-hydroxylation sites is 2. The molecule has 0 spiro atoms. The van der Waals surface area contributed by atoms with Crippen LogP contribution in [0.15, 0.2) is 48.5 Å². The molecule has 0 aliphatic carbocycles. The zero-order valence-corrected chi connectivity index (χ0v) is 18.8. The minimum atomic E-state index is -1.58. The minimum absolute atomic E-state index is 0.0218. The number of carbonyl (C=O) groups is 3. The van der Waals surface area contributed by atoms with Gasteiger partial charge in [-0.25, -0.2) is 4.90 Å². The zero-order chi connectivity index (χ0) is 23.2. The fourth-order valence-corrected chi connectivity index (χ4v) is 5.25. The number of anilines is 1. The molecule has 2 saturated heterocycles. The van der Waals surface area contributed by atoms with Crippen molar-refractivity contribution in [3.8, 4) is 5.75 Å². The number of halogens is 1. The Hall–Kier alpha value is -2.90. The van der Waals surface area contributed by atoms with E-state index >= 15 is 0 Å². The molecule has 2 N–H and O–H groups in total. The molecule has 7 nitrogen and oxygen atoms in total. The van der Waals surface area contributed by atoms with Crippen LogP contribution in [0.2, 0.25) is 5.02 Å². The van der Waals surface area contributed by atoms with Gasteiger partial charge in [0, 0.05) is 11.1 Å². The number of imide groups is 1. The van der Waals surface area contributed by atoms with Crippen LogP contribution in [-0.4, -0.2) is 35.5 Å². The molecule has 2 amide bonds. The van der Waals surface area contributed by atoms with Crippen LogP contribution >= 0.6 is 11.6 Å². The van der Waals surface area contributed by atoms with E-state index in [1.807, 2.05) is 13.8 Å². The molecule has 0 aromatic heterocycles. The molecule has 2 heterocycles. The van der Waals surface area contributed by atoms with Gasteiger partial charge >= 0.3 is 5.97 Å². The van der Waals surface area contributed by atoms with Gasteiger partial charge in [0.05, 0.1) is 24.6 Å². The second-order valence-electron chi connectivity index (χ2n) is 8.74. The van der Waals surface area contributed by atoms with Gasteiger partial charge in [0.25, 0.3) is 0 Å². The number of methoxy groups -OCH3 is 1. The summed E-state index contributed by atoms with van der Waals surface area (Å²) in [4.78, 5) is 41.2. The number of rotatable bonds is 6. The first-order chi connectivity index (χ1) is 15.2. The average Bonchev–Trinajstić information content (AvgIpc) is 3.22. The maximum atomic E-state index is 13.7. The Balaban J connectivity index is 1.88. The molecule has 4 rings (SSSR count). The van der Waals surface area contributed by atoms with Gasteiger partial charge in [0.15, 0.2) is 0 Å². The third-order valence-electron chi connectivity index (χ3n) is 6.32. The molecule has 168 valence electrons. The van der Waals surface area contributed by atoms with Crippen LogP contribution in [0, 0.1) is 17.8 Å². The Kier molecular flexibility index (Phi) is 5.73. The van der Waals surface area contributed by atoms with E-state index in [0.717, 1.165) is 4.90 Å². The molecule has 2 aromatic rings. The number of fused-ring (bicyclic) bond motifs is 1. The first-order valence-corrected chi connectivity index (χ1v) is 10.9. The zero-order valence-electron chi connectivity index (χ0n) is 18.0. The van der Waals surface area contributed by atoms with E-state index in [2.05, 4.69) is 5.32 Å². The van der Waals surface area contributed by atoms with Crippen molar-refractivity contribution in [2.45, 2.75) is 31.8 Å². The van der Waals surface area contributed by atoms with E-state index in [-0.39, 0.29) is 12.3 Å². The van der Waals surface area contributed by atoms with Gasteiger partial charge in [0.2, 0.25) is 11.8 Å². The van der Waals surface area contributed by atoms with Gasteiger partial charge < -0.3 is 9.84 Å². The van der Waals surface area contributed by atoms with Gasteiger partial charge in [0.1, 0.15) is 11.3 Å². The number of hydrogen-bond donors (Lipinski definition) is 2. The Bertz CT molecular complexity index is 1070. The standard InChI is InChI=1S/C24H25ClN2O5/c1-13(2)12-24(23(30)31)19-18(20(26-24)14-8-10-15(25)11-9-14)21(28)27(22(19)29)16-6-4-5-7-17(16)32-3/h4-11,13,18-20,26H,12H2,1-3H3,(H,30,31)/t18-,19+,20-,24+/m0/s1. The number of carboxylic acid groups (broad SMARTS) is 1. The highest BCUT2D eigenvalue weighted by molar-refractivity contribution is 6.30. The fraction of sp³-hybridized carbons (Fsp3) is 0.375. The number of amides is 2. The quantitative estimate of drug-likeness (QED) is 0.644. The van der Waals surface area contributed by atoms with Crippen molar-refractivity contribution >= 4 is 35.1 Å². The van der Waals surface area contributed by atoms with Crippen LogP contribution in [0.4, 0.5) is 5.69 Å². The molecule has 8 heteroatoms. The van der Waals surface area contributed by atoms with Crippen molar-refractivity contribution in [1.82, 2.24) is 5.32 Å². The largest absolute Gasteiger partial charge is 0.495 e. The van der Waals surface area contributed by atoms with E-state index in [0.29, 0.717) is 22.0 Å². The molecule has 2 aromatic carbocycles. The molecule has 0 saturated carbocycles. The number of nitrogens with zero attached hydrogens (tertiary/aromatic N) is 1. The molecule has 2 fully saturated rings. The Morgan fingerprint density at radius 1 is 1.16 bits per heavy atom. The van der Waals surface area contributed by atoms with Crippen molar-refractivity contribution in [2.24, 2.45) is 17.8 Å². The summed E-state index contributed by atoms with van der Waals surface area (Å²) in [5.74, 6) is -3.69. The second kappa shape index (κ2) is 8.22. The lowest BCUT2D eigenvalue weighted by molar-refractivity contribution is -0.149. The number of nitrogens with one attached hydrogen (secondary N) is 1. The highest BCUT2D eigenvalue weighted by Crippen LogP contribution is 2.52. The van der Waals surface area contributed by atoms with Crippen LogP contribution in [0.1, 0.15) is 31.9 Å². The smallest absolute Gasteiger partial charge is 0.324 e. The van der Waals surface area contributed by atoms with E-state index in [1.165, 1.54) is 7.11 Å². The summed E-state index contributed by atoms with van der Waals surface area (Å²) in [6.07, 6.45) is 0.201. The van der Waals surface area contributed by atoms with E-state index in [9.17, 15) is 19.5 Å². The monoisotopic (exact) mass is 456 g/mol. The van der Waals surface area contributed by atoms with Crippen molar-refractivity contribution in [3.63, 3.8) is 0 Å². The third-order valence-corrected chi connectivity index (χ3v) is 6.57. The maximum Gasteiger partial charge on any atom is 0.324 e. The Morgan fingerprint density at radius 2 is 1.81 bits per heavy atom. The third kappa shape index (κ3) is 3.36.